The van der Waals surface area contributed by atoms with E-state index >= 15 is 0 Å². The third-order valence-electron chi connectivity index (χ3n) is 5.16. The molecule has 2 unspecified atom stereocenters. The Kier molecular flexibility index (Phi) is 11.7. The van der Waals surface area contributed by atoms with Crippen LogP contribution in [0.15, 0.2) is 34.6 Å². The maximum atomic E-state index is 12.6. The molecule has 1 aliphatic rings. The maximum Gasteiger partial charge on any atom is 0.162 e. The number of ketones is 1. The quantitative estimate of drug-likeness (QED) is 0.381. The lowest BCUT2D eigenvalue weighted by Gasteiger charge is -2.25. The molecule has 146 valence electrons. The molecule has 0 aromatic heterocycles. The summed E-state index contributed by atoms with van der Waals surface area (Å²) in [7, 11) is 0. The number of hydrogen-bond donors (Lipinski definition) is 0. The van der Waals surface area contributed by atoms with Crippen LogP contribution in [-0.2, 0) is 9.53 Å². The van der Waals surface area contributed by atoms with Crippen molar-refractivity contribution >= 4 is 5.78 Å². The lowest BCUT2D eigenvalue weighted by atomic mass is 9.97. The van der Waals surface area contributed by atoms with Crippen LogP contribution < -0.4 is 0 Å². The van der Waals surface area contributed by atoms with Gasteiger partial charge in [-0.05, 0) is 43.3 Å². The van der Waals surface area contributed by atoms with Gasteiger partial charge in [-0.1, -0.05) is 59.6 Å². The fourth-order valence-corrected chi connectivity index (χ4v) is 3.37. The first kappa shape index (κ1) is 24.2. The number of allylic oxidation sites excluding steroid dienone is 4. The van der Waals surface area contributed by atoms with Gasteiger partial charge >= 0.3 is 0 Å². The molecule has 0 N–H and O–H groups in total. The van der Waals surface area contributed by atoms with Crippen LogP contribution in [0.3, 0.4) is 0 Å². The molecule has 0 aromatic rings. The van der Waals surface area contributed by atoms with Gasteiger partial charge < -0.3 is 4.74 Å². The van der Waals surface area contributed by atoms with Gasteiger partial charge in [0, 0.05) is 18.4 Å². The first-order valence-electron chi connectivity index (χ1n) is 10.1. The number of carbonyl (C=O) groups excluding carboxylic acids is 1. The smallest absolute Gasteiger partial charge is 0.162 e. The van der Waals surface area contributed by atoms with Crippen molar-refractivity contribution in [2.24, 2.45) is 5.92 Å². The van der Waals surface area contributed by atoms with Crippen molar-refractivity contribution in [2.75, 3.05) is 0 Å². The Balaban J connectivity index is 0.00000301. The summed E-state index contributed by atoms with van der Waals surface area (Å²) in [6.07, 6.45) is 14.5. The van der Waals surface area contributed by atoms with Crippen LogP contribution in [0, 0.1) is 18.8 Å². The molecule has 0 radical (unpaired) electrons. The first-order valence-corrected chi connectivity index (χ1v) is 10.1. The molecule has 0 heterocycles. The summed E-state index contributed by atoms with van der Waals surface area (Å²) in [5.41, 5.74) is 4.40. The Morgan fingerprint density at radius 2 is 1.65 bits per heavy atom. The predicted octanol–water partition coefficient (Wildman–Crippen LogP) is 6.78. The Hall–Kier alpha value is -1.75. The van der Waals surface area contributed by atoms with Crippen LogP contribution in [0.5, 0.6) is 0 Å². The minimum Gasteiger partial charge on any atom is -0.489 e. The van der Waals surface area contributed by atoms with Gasteiger partial charge in [-0.25, -0.2) is 0 Å². The molecule has 2 heteroatoms. The number of hydrogen-bond acceptors (Lipinski definition) is 2. The summed E-state index contributed by atoms with van der Waals surface area (Å²) in [6.45, 7) is 17.2. The molecule has 0 amide bonds. The Morgan fingerprint density at radius 3 is 2.12 bits per heavy atom. The summed E-state index contributed by atoms with van der Waals surface area (Å²) in [6, 6.07) is 0. The van der Waals surface area contributed by atoms with E-state index in [-0.39, 0.29) is 11.9 Å². The highest BCUT2D eigenvalue weighted by atomic mass is 16.5. The Bertz CT molecular complexity index is 560. The molecule has 1 aliphatic carbocycles. The van der Waals surface area contributed by atoms with E-state index in [0.717, 1.165) is 54.6 Å². The van der Waals surface area contributed by atoms with E-state index < -0.39 is 0 Å². The molecular formula is C24H38O2. The first-order chi connectivity index (χ1) is 12.4. The van der Waals surface area contributed by atoms with Gasteiger partial charge in [-0.15, -0.1) is 12.8 Å². The minimum atomic E-state index is 0.170. The molecule has 0 bridgehead atoms. The molecular weight excluding hydrogens is 320 g/mol. The zero-order chi connectivity index (χ0) is 20.3. The fraction of sp³-hybridized carbons (Fsp3) is 0.625. The van der Waals surface area contributed by atoms with E-state index in [1.165, 1.54) is 5.57 Å². The van der Waals surface area contributed by atoms with Crippen LogP contribution >= 0.6 is 0 Å². The highest BCUT2D eigenvalue weighted by Gasteiger charge is 2.30. The Morgan fingerprint density at radius 1 is 1.08 bits per heavy atom. The lowest BCUT2D eigenvalue weighted by molar-refractivity contribution is -0.115. The topological polar surface area (TPSA) is 26.3 Å². The number of carbonyl (C=O) groups is 1. The predicted molar refractivity (Wildman–Crippen MR) is 113 cm³/mol. The monoisotopic (exact) mass is 358 g/mol. The van der Waals surface area contributed by atoms with E-state index in [9.17, 15) is 4.79 Å². The molecule has 2 atom stereocenters. The third kappa shape index (κ3) is 6.20. The van der Waals surface area contributed by atoms with Crippen molar-refractivity contribution < 1.29 is 9.53 Å². The fourth-order valence-electron chi connectivity index (χ4n) is 3.37. The van der Waals surface area contributed by atoms with Crippen LogP contribution in [0.4, 0.5) is 0 Å². The van der Waals surface area contributed by atoms with Gasteiger partial charge in [0.1, 0.15) is 11.9 Å². The highest BCUT2D eigenvalue weighted by Crippen LogP contribution is 2.40. The summed E-state index contributed by atoms with van der Waals surface area (Å²) >= 11 is 0. The van der Waals surface area contributed by atoms with Crippen molar-refractivity contribution in [3.05, 3.63) is 34.6 Å². The molecule has 0 aliphatic heterocycles. The Labute approximate surface area is 161 Å². The van der Waals surface area contributed by atoms with Crippen LogP contribution in [0.1, 0.15) is 86.5 Å². The largest absolute Gasteiger partial charge is 0.489 e. The standard InChI is InChI=1S/C22H36O2.C2H2/c1-8-12-16(6)18-14-19(20(23)13-9-2)22(17(18)7)24-21(11-4)15(5)10-3;1-2/h15,21H,6,8-14H2,1-5,7H3;1-2H. The molecule has 0 saturated carbocycles. The number of terminal acetylenes is 1. The molecule has 0 fully saturated rings. The molecule has 26 heavy (non-hydrogen) atoms. The number of rotatable bonds is 11. The second-order valence-corrected chi connectivity index (χ2v) is 7.06. The number of ether oxygens (including phenoxy) is 1. The zero-order valence-corrected chi connectivity index (χ0v) is 17.8. The molecule has 2 nitrogen and oxygen atoms in total. The van der Waals surface area contributed by atoms with E-state index in [1.54, 1.807) is 0 Å². The third-order valence-corrected chi connectivity index (χ3v) is 5.16. The summed E-state index contributed by atoms with van der Waals surface area (Å²) in [4.78, 5) is 12.6. The highest BCUT2D eigenvalue weighted by molar-refractivity contribution is 5.98. The molecule has 0 saturated heterocycles. The van der Waals surface area contributed by atoms with Crippen molar-refractivity contribution in [1.29, 1.82) is 0 Å². The second-order valence-electron chi connectivity index (χ2n) is 7.06. The average Bonchev–Trinajstić information content (AvgIpc) is 2.97. The van der Waals surface area contributed by atoms with E-state index in [1.807, 2.05) is 0 Å². The molecule has 1 rings (SSSR count). The molecule has 0 aromatic carbocycles. The van der Waals surface area contributed by atoms with Gasteiger partial charge in [-0.3, -0.25) is 4.79 Å². The van der Waals surface area contributed by atoms with Crippen LogP contribution in [-0.4, -0.2) is 11.9 Å². The van der Waals surface area contributed by atoms with Crippen molar-refractivity contribution in [3.8, 4) is 12.8 Å². The van der Waals surface area contributed by atoms with Gasteiger partial charge in [0.2, 0.25) is 0 Å². The van der Waals surface area contributed by atoms with Gasteiger partial charge in [0.25, 0.3) is 0 Å². The number of Topliss-reactive ketones (excluding diaryl/α,β-unsaturated/α-hetero) is 1. The van der Waals surface area contributed by atoms with Crippen molar-refractivity contribution in [3.63, 3.8) is 0 Å². The minimum absolute atomic E-state index is 0.170. The SMILES string of the molecule is C#C.C=C(CCC)C1=C(C)C(OC(CC)C(C)CC)=C(C(=O)CCC)C1. The second kappa shape index (κ2) is 12.6. The summed E-state index contributed by atoms with van der Waals surface area (Å²) < 4.78 is 6.42. The van der Waals surface area contributed by atoms with Crippen LogP contribution in [0.25, 0.3) is 0 Å². The van der Waals surface area contributed by atoms with Gasteiger partial charge in [0.05, 0.1) is 0 Å². The van der Waals surface area contributed by atoms with Gasteiger partial charge in [0.15, 0.2) is 5.78 Å². The van der Waals surface area contributed by atoms with Crippen molar-refractivity contribution in [2.45, 2.75) is 92.6 Å². The van der Waals surface area contributed by atoms with E-state index in [4.69, 9.17) is 4.74 Å². The molecule has 0 spiro atoms. The van der Waals surface area contributed by atoms with Crippen molar-refractivity contribution in [1.82, 2.24) is 0 Å². The summed E-state index contributed by atoms with van der Waals surface area (Å²) in [5, 5.41) is 0. The maximum absolute atomic E-state index is 12.6. The average molecular weight is 359 g/mol. The lowest BCUT2D eigenvalue weighted by Crippen LogP contribution is -2.21. The van der Waals surface area contributed by atoms with E-state index in [2.05, 4.69) is 61.0 Å². The van der Waals surface area contributed by atoms with E-state index in [0.29, 0.717) is 18.8 Å². The van der Waals surface area contributed by atoms with Crippen LogP contribution in [0.2, 0.25) is 0 Å². The summed E-state index contributed by atoms with van der Waals surface area (Å²) in [5.74, 6) is 1.58. The normalized spacial score (nSPS) is 16.0. The van der Waals surface area contributed by atoms with Gasteiger partial charge in [-0.2, -0.15) is 0 Å². The zero-order valence-electron chi connectivity index (χ0n) is 17.8.